The Balaban J connectivity index is 1.70. The monoisotopic (exact) mass is 513 g/mol. The molecule has 1 aromatic heterocycles. The average Bonchev–Trinajstić information content (AvgIpc) is 3.72. The summed E-state index contributed by atoms with van der Waals surface area (Å²) >= 11 is 0. The van der Waals surface area contributed by atoms with E-state index in [1.807, 2.05) is 6.07 Å². The lowest BCUT2D eigenvalue weighted by molar-refractivity contribution is 0.0375. The van der Waals surface area contributed by atoms with Crippen molar-refractivity contribution in [3.63, 3.8) is 0 Å². The summed E-state index contributed by atoms with van der Waals surface area (Å²) in [6, 6.07) is 4.97. The third kappa shape index (κ3) is 4.49. The smallest absolute Gasteiger partial charge is 0.344 e. The van der Waals surface area contributed by atoms with Crippen LogP contribution in [0.3, 0.4) is 0 Å². The van der Waals surface area contributed by atoms with Crippen molar-refractivity contribution >= 4 is 15.8 Å². The Morgan fingerprint density at radius 1 is 1.14 bits per heavy atom. The number of aromatic nitrogens is 1. The summed E-state index contributed by atoms with van der Waals surface area (Å²) in [5.41, 5.74) is 2.06. The van der Waals surface area contributed by atoms with E-state index in [9.17, 15) is 18.0 Å². The van der Waals surface area contributed by atoms with Crippen LogP contribution < -0.4 is 10.3 Å². The van der Waals surface area contributed by atoms with Gasteiger partial charge in [0.25, 0.3) is 5.56 Å². The molecular weight excluding hydrogens is 478 g/mol. The first-order valence-corrected chi connectivity index (χ1v) is 14.7. The number of carbonyl (C=O) groups excluding carboxylic acids is 1. The highest BCUT2D eigenvalue weighted by Gasteiger charge is 2.41. The van der Waals surface area contributed by atoms with E-state index in [-0.39, 0.29) is 22.6 Å². The molecule has 0 N–H and O–H groups in total. The summed E-state index contributed by atoms with van der Waals surface area (Å²) in [6.45, 7) is 7.72. The van der Waals surface area contributed by atoms with Crippen LogP contribution >= 0.6 is 0 Å². The minimum absolute atomic E-state index is 0.0528. The number of carbonyl (C=O) groups is 1. The summed E-state index contributed by atoms with van der Waals surface area (Å²) in [7, 11) is -3.77. The van der Waals surface area contributed by atoms with Crippen LogP contribution in [0.25, 0.3) is 11.3 Å². The molecule has 0 amide bonds. The van der Waals surface area contributed by atoms with Gasteiger partial charge in [0.2, 0.25) is 0 Å². The van der Waals surface area contributed by atoms with Crippen LogP contribution in [0.1, 0.15) is 99.0 Å². The second-order valence-electron chi connectivity index (χ2n) is 10.7. The van der Waals surface area contributed by atoms with Crippen molar-refractivity contribution in [3.8, 4) is 17.0 Å². The van der Waals surface area contributed by atoms with Crippen molar-refractivity contribution in [3.05, 3.63) is 45.2 Å². The molecule has 0 radical (unpaired) electrons. The van der Waals surface area contributed by atoms with E-state index in [1.54, 1.807) is 31.4 Å². The standard InChI is InChI=1S/C28H35NO6S/c1-5-6-19-13-22-25(15-24(19)34-12-11-18-7-8-18)36(32,33)17(4)21-14-23(28(31)35-16(2)3)27(30)29(26(21)22)20-9-10-20/h13-18,20H,5-12H2,1-4H3. The van der Waals surface area contributed by atoms with Crippen molar-refractivity contribution in [2.45, 2.75) is 94.9 Å². The number of hydrogen-bond donors (Lipinski definition) is 0. The van der Waals surface area contributed by atoms with Gasteiger partial charge in [-0.15, -0.1) is 0 Å². The zero-order chi connectivity index (χ0) is 25.8. The minimum atomic E-state index is -3.77. The van der Waals surface area contributed by atoms with Gasteiger partial charge in [0.05, 0.1) is 28.6 Å². The zero-order valence-corrected chi connectivity index (χ0v) is 22.3. The van der Waals surface area contributed by atoms with Crippen molar-refractivity contribution in [2.24, 2.45) is 5.92 Å². The number of fused-ring (bicyclic) bond motifs is 3. The largest absolute Gasteiger partial charge is 0.493 e. The number of hydrogen-bond acceptors (Lipinski definition) is 6. The van der Waals surface area contributed by atoms with Crippen LogP contribution in [0.15, 0.2) is 27.9 Å². The van der Waals surface area contributed by atoms with Gasteiger partial charge in [-0.25, -0.2) is 13.2 Å². The maximum Gasteiger partial charge on any atom is 0.344 e. The van der Waals surface area contributed by atoms with Gasteiger partial charge in [0.15, 0.2) is 9.84 Å². The van der Waals surface area contributed by atoms with Gasteiger partial charge in [0.1, 0.15) is 11.3 Å². The van der Waals surface area contributed by atoms with E-state index in [0.29, 0.717) is 29.2 Å². The molecule has 1 unspecified atom stereocenters. The molecule has 1 aromatic carbocycles. The first-order chi connectivity index (χ1) is 17.1. The fraction of sp³-hybridized carbons (Fsp3) is 0.571. The van der Waals surface area contributed by atoms with Gasteiger partial charge in [-0.1, -0.05) is 26.2 Å². The van der Waals surface area contributed by atoms with Gasteiger partial charge in [-0.2, -0.15) is 0 Å². The summed E-state index contributed by atoms with van der Waals surface area (Å²) in [6.07, 6.45) is 6.31. The normalized spacial score (nSPS) is 20.1. The fourth-order valence-electron chi connectivity index (χ4n) is 5.08. The lowest BCUT2D eigenvalue weighted by Crippen LogP contribution is -2.33. The van der Waals surface area contributed by atoms with Crippen molar-refractivity contribution in [1.29, 1.82) is 0 Å². The fourth-order valence-corrected chi connectivity index (χ4v) is 6.71. The molecule has 3 aliphatic rings. The minimum Gasteiger partial charge on any atom is -0.493 e. The molecule has 194 valence electrons. The summed E-state index contributed by atoms with van der Waals surface area (Å²) in [5.74, 6) is 0.624. The van der Waals surface area contributed by atoms with E-state index in [1.165, 1.54) is 18.9 Å². The Morgan fingerprint density at radius 2 is 1.86 bits per heavy atom. The van der Waals surface area contributed by atoms with Crippen molar-refractivity contribution < 1.29 is 22.7 Å². The lowest BCUT2D eigenvalue weighted by Gasteiger charge is -2.30. The molecule has 36 heavy (non-hydrogen) atoms. The average molecular weight is 514 g/mol. The van der Waals surface area contributed by atoms with Crippen LogP contribution in [0.4, 0.5) is 0 Å². The molecule has 0 bridgehead atoms. The molecule has 2 saturated carbocycles. The van der Waals surface area contributed by atoms with E-state index in [0.717, 1.165) is 43.6 Å². The highest BCUT2D eigenvalue weighted by molar-refractivity contribution is 7.92. The summed E-state index contributed by atoms with van der Waals surface area (Å²) in [5, 5.41) is -0.910. The number of esters is 1. The molecule has 2 heterocycles. The summed E-state index contributed by atoms with van der Waals surface area (Å²) < 4.78 is 40.6. The van der Waals surface area contributed by atoms with Crippen LogP contribution in [0.5, 0.6) is 5.75 Å². The molecule has 5 rings (SSSR count). The van der Waals surface area contributed by atoms with Gasteiger partial charge < -0.3 is 14.0 Å². The Kier molecular flexibility index (Phi) is 6.52. The number of aryl methyl sites for hydroxylation is 1. The molecule has 7 nitrogen and oxygen atoms in total. The molecule has 0 saturated heterocycles. The molecule has 0 spiro atoms. The van der Waals surface area contributed by atoms with E-state index in [4.69, 9.17) is 9.47 Å². The number of rotatable bonds is 9. The third-order valence-electron chi connectivity index (χ3n) is 7.37. The Morgan fingerprint density at radius 3 is 2.47 bits per heavy atom. The maximum absolute atomic E-state index is 13.8. The quantitative estimate of drug-likeness (QED) is 0.417. The highest BCUT2D eigenvalue weighted by atomic mass is 32.2. The van der Waals surface area contributed by atoms with Crippen LogP contribution in [-0.2, 0) is 21.0 Å². The van der Waals surface area contributed by atoms with E-state index < -0.39 is 26.6 Å². The predicted octanol–water partition coefficient (Wildman–Crippen LogP) is 5.40. The first-order valence-electron chi connectivity index (χ1n) is 13.2. The molecule has 1 aliphatic heterocycles. The number of benzene rings is 1. The molecular formula is C28H35NO6S. The van der Waals surface area contributed by atoms with Gasteiger partial charge in [-0.3, -0.25) is 4.79 Å². The topological polar surface area (TPSA) is 91.7 Å². The van der Waals surface area contributed by atoms with Crippen LogP contribution in [-0.4, -0.2) is 31.7 Å². The lowest BCUT2D eigenvalue weighted by atomic mass is 9.96. The molecule has 2 aromatic rings. The van der Waals surface area contributed by atoms with Gasteiger partial charge in [0, 0.05) is 11.6 Å². The summed E-state index contributed by atoms with van der Waals surface area (Å²) in [4.78, 5) is 26.6. The molecule has 1 atom stereocenters. The number of ether oxygens (including phenoxy) is 2. The van der Waals surface area contributed by atoms with E-state index >= 15 is 0 Å². The molecule has 2 aliphatic carbocycles. The first kappa shape index (κ1) is 25.1. The second-order valence-corrected chi connectivity index (χ2v) is 12.9. The molecule has 2 fully saturated rings. The number of pyridine rings is 1. The maximum atomic E-state index is 13.8. The van der Waals surface area contributed by atoms with E-state index in [2.05, 4.69) is 6.92 Å². The van der Waals surface area contributed by atoms with Crippen molar-refractivity contribution in [2.75, 3.05) is 6.61 Å². The van der Waals surface area contributed by atoms with Crippen LogP contribution in [0, 0.1) is 5.92 Å². The SMILES string of the molecule is CCCc1cc2c(cc1OCCC1CC1)S(=O)(=O)C(C)c1cc(C(=O)OC(C)C)c(=O)n(C3CC3)c1-2. The molecule has 8 heteroatoms. The van der Waals surface area contributed by atoms with Gasteiger partial charge >= 0.3 is 5.97 Å². The number of nitrogens with zero attached hydrogens (tertiary/aromatic N) is 1. The zero-order valence-electron chi connectivity index (χ0n) is 21.5. The number of sulfone groups is 1. The van der Waals surface area contributed by atoms with Gasteiger partial charge in [-0.05, 0) is 81.7 Å². The second kappa shape index (κ2) is 9.36. The predicted molar refractivity (Wildman–Crippen MR) is 137 cm³/mol. The van der Waals surface area contributed by atoms with Crippen molar-refractivity contribution in [1.82, 2.24) is 4.57 Å². The highest BCUT2D eigenvalue weighted by Crippen LogP contribution is 2.49. The third-order valence-corrected chi connectivity index (χ3v) is 9.50. The Labute approximate surface area is 212 Å². The Bertz CT molecular complexity index is 1370. The van der Waals surface area contributed by atoms with Crippen LogP contribution in [0.2, 0.25) is 0 Å². The Hall–Kier alpha value is -2.61.